The second-order valence-corrected chi connectivity index (χ2v) is 6.36. The Morgan fingerprint density at radius 3 is 2.54 bits per heavy atom. The predicted molar refractivity (Wildman–Crippen MR) is 97.3 cm³/mol. The number of ether oxygens (including phenoxy) is 2. The van der Waals surface area contributed by atoms with E-state index in [1.165, 1.54) is 31.4 Å². The van der Waals surface area contributed by atoms with Crippen LogP contribution in [0.3, 0.4) is 0 Å². The minimum absolute atomic E-state index is 0.0774. The molecule has 3 rings (SSSR count). The number of hydrogen-bond acceptors (Lipinski definition) is 6. The summed E-state index contributed by atoms with van der Waals surface area (Å²) < 4.78 is 41.0. The number of carbonyl (C=O) groups is 1. The van der Waals surface area contributed by atoms with Gasteiger partial charge in [0.15, 0.2) is 23.9 Å². The zero-order chi connectivity index (χ0) is 20.3. The molecule has 10 heteroatoms. The molecule has 1 heterocycles. The Bertz CT molecular complexity index is 988. The third-order valence-corrected chi connectivity index (χ3v) is 4.09. The fourth-order valence-corrected chi connectivity index (χ4v) is 2.57. The second kappa shape index (κ2) is 8.12. The van der Waals surface area contributed by atoms with Gasteiger partial charge in [-0.15, -0.1) is 0 Å². The number of benzene rings is 2. The molecule has 0 N–H and O–H groups in total. The fraction of sp³-hybridized carbons (Fsp3) is 0.167. The van der Waals surface area contributed by atoms with E-state index in [0.29, 0.717) is 21.9 Å². The van der Waals surface area contributed by atoms with E-state index in [4.69, 9.17) is 32.7 Å². The van der Waals surface area contributed by atoms with Crippen molar-refractivity contribution in [1.82, 2.24) is 10.1 Å². The van der Waals surface area contributed by atoms with Gasteiger partial charge in [-0.3, -0.25) is 4.79 Å². The molecular formula is C18H12Cl2F2N2O4. The topological polar surface area (TPSA) is 74.5 Å². The molecule has 3 aromatic rings. The van der Waals surface area contributed by atoms with Gasteiger partial charge in [-0.05, 0) is 23.7 Å². The average molecular weight is 429 g/mol. The van der Waals surface area contributed by atoms with Crippen LogP contribution in [-0.4, -0.2) is 29.6 Å². The molecule has 0 aliphatic rings. The normalized spacial score (nSPS) is 11.3. The van der Waals surface area contributed by atoms with E-state index in [1.807, 2.05) is 0 Å². The number of aromatic nitrogens is 2. The summed E-state index contributed by atoms with van der Waals surface area (Å²) in [5.74, 6) is -0.745. The molecule has 0 saturated heterocycles. The zero-order valence-corrected chi connectivity index (χ0v) is 15.8. The lowest BCUT2D eigenvalue weighted by Gasteiger charge is -2.11. The van der Waals surface area contributed by atoms with Crippen LogP contribution in [0.1, 0.15) is 16.2 Å². The Hall–Kier alpha value is -2.71. The number of ketones is 1. The summed E-state index contributed by atoms with van der Waals surface area (Å²) in [6, 6.07) is 10.9. The first kappa shape index (κ1) is 20.0. The van der Waals surface area contributed by atoms with Crippen LogP contribution >= 0.6 is 23.2 Å². The quantitative estimate of drug-likeness (QED) is 0.391. The highest BCUT2D eigenvalue weighted by molar-refractivity contribution is 6.32. The summed E-state index contributed by atoms with van der Waals surface area (Å²) >= 11 is 10.9. The van der Waals surface area contributed by atoms with E-state index in [0.717, 1.165) is 0 Å². The Labute approximate surface area is 168 Å². The molecular weight excluding hydrogens is 417 g/mol. The summed E-state index contributed by atoms with van der Waals surface area (Å²) in [6.07, 6.45) is 0. The van der Waals surface area contributed by atoms with E-state index in [-0.39, 0.29) is 24.0 Å². The maximum absolute atomic E-state index is 13.0. The smallest absolute Gasteiger partial charge is 0.400 e. The summed E-state index contributed by atoms with van der Waals surface area (Å²) in [4.78, 5) is 15.9. The molecule has 2 aromatic carbocycles. The van der Waals surface area contributed by atoms with Crippen molar-refractivity contribution in [3.63, 3.8) is 0 Å². The molecule has 0 fully saturated rings. The molecule has 6 nitrogen and oxygen atoms in total. The number of para-hydroxylation sites is 1. The third kappa shape index (κ3) is 4.40. The van der Waals surface area contributed by atoms with Crippen molar-refractivity contribution in [3.05, 3.63) is 58.9 Å². The largest absolute Gasteiger partial charge is 0.493 e. The average Bonchev–Trinajstić information content (AvgIpc) is 3.17. The molecule has 1 aromatic heterocycles. The van der Waals surface area contributed by atoms with Crippen molar-refractivity contribution >= 4 is 29.0 Å². The van der Waals surface area contributed by atoms with Crippen LogP contribution in [-0.2, 0) is 5.38 Å². The highest BCUT2D eigenvalue weighted by atomic mass is 35.5. The first-order chi connectivity index (χ1) is 13.3. The number of Topliss-reactive ketones (excluding diaryl/α,β-unsaturated/α-hetero) is 1. The number of halogens is 4. The maximum atomic E-state index is 13.0. The molecule has 0 spiro atoms. The van der Waals surface area contributed by atoms with Gasteiger partial charge in [-0.25, -0.2) is 0 Å². The summed E-state index contributed by atoms with van der Waals surface area (Å²) in [5, 5.41) is 0.00333. The van der Waals surface area contributed by atoms with Crippen LogP contribution in [0.5, 0.6) is 11.5 Å². The fourth-order valence-electron chi connectivity index (χ4n) is 2.27. The Kier molecular flexibility index (Phi) is 5.81. The molecule has 0 aliphatic carbocycles. The Morgan fingerprint density at radius 1 is 1.21 bits per heavy atom. The lowest BCUT2D eigenvalue weighted by atomic mass is 10.1. The second-order valence-electron chi connectivity index (χ2n) is 5.48. The van der Waals surface area contributed by atoms with Crippen LogP contribution in [0.25, 0.3) is 11.4 Å². The molecule has 0 atom stereocenters. The van der Waals surface area contributed by atoms with E-state index in [1.54, 1.807) is 18.2 Å². The Balaban J connectivity index is 1.70. The monoisotopic (exact) mass is 428 g/mol. The number of hydrogen-bond donors (Lipinski definition) is 0. The van der Waals surface area contributed by atoms with Crippen LogP contribution in [0.2, 0.25) is 5.02 Å². The van der Waals surface area contributed by atoms with Crippen molar-refractivity contribution in [2.24, 2.45) is 0 Å². The highest BCUT2D eigenvalue weighted by Gasteiger charge is 2.35. The van der Waals surface area contributed by atoms with Gasteiger partial charge < -0.3 is 14.0 Å². The summed E-state index contributed by atoms with van der Waals surface area (Å²) in [7, 11) is 1.46. The summed E-state index contributed by atoms with van der Waals surface area (Å²) in [5.41, 5.74) is 0.710. The first-order valence-corrected chi connectivity index (χ1v) is 8.55. The Morgan fingerprint density at radius 2 is 1.93 bits per heavy atom. The van der Waals surface area contributed by atoms with Gasteiger partial charge in [0.2, 0.25) is 5.82 Å². The maximum Gasteiger partial charge on any atom is 0.400 e. The zero-order valence-electron chi connectivity index (χ0n) is 14.3. The minimum atomic E-state index is -3.75. The van der Waals surface area contributed by atoms with E-state index in [9.17, 15) is 13.6 Å². The van der Waals surface area contributed by atoms with Crippen molar-refractivity contribution < 1.29 is 27.6 Å². The standard InChI is InChI=1S/C18H12Cl2F2N2O4/c1-26-14-4-2-3-12(19)15(14)27-9-13(25)10-5-7-11(8-6-10)16-23-17(28-24-16)18(20,21)22/h2-8H,9H2,1H3. The van der Waals surface area contributed by atoms with Crippen molar-refractivity contribution in [2.75, 3.05) is 13.7 Å². The molecule has 146 valence electrons. The molecule has 0 radical (unpaired) electrons. The SMILES string of the molecule is COc1cccc(Cl)c1OCC(=O)c1ccc(-c2noc(C(F)(F)Cl)n2)cc1. The van der Waals surface area contributed by atoms with Crippen LogP contribution in [0.15, 0.2) is 47.0 Å². The highest BCUT2D eigenvalue weighted by Crippen LogP contribution is 2.35. The van der Waals surface area contributed by atoms with Gasteiger partial charge in [0, 0.05) is 11.1 Å². The van der Waals surface area contributed by atoms with Gasteiger partial charge in [0.05, 0.1) is 12.1 Å². The van der Waals surface area contributed by atoms with Gasteiger partial charge in [0.1, 0.15) is 0 Å². The molecule has 0 amide bonds. The number of carbonyl (C=O) groups excluding carboxylic acids is 1. The van der Waals surface area contributed by atoms with Gasteiger partial charge >= 0.3 is 11.3 Å². The molecule has 28 heavy (non-hydrogen) atoms. The van der Waals surface area contributed by atoms with Crippen molar-refractivity contribution in [3.8, 4) is 22.9 Å². The van der Waals surface area contributed by atoms with Crippen LogP contribution in [0.4, 0.5) is 8.78 Å². The number of nitrogens with zero attached hydrogens (tertiary/aromatic N) is 2. The first-order valence-electron chi connectivity index (χ1n) is 7.79. The number of methoxy groups -OCH3 is 1. The third-order valence-electron chi connectivity index (χ3n) is 3.63. The van der Waals surface area contributed by atoms with Crippen molar-refractivity contribution in [2.45, 2.75) is 5.38 Å². The molecule has 0 aliphatic heterocycles. The van der Waals surface area contributed by atoms with Crippen LogP contribution in [0, 0.1) is 0 Å². The molecule has 0 bridgehead atoms. The van der Waals surface area contributed by atoms with Gasteiger partial charge in [-0.2, -0.15) is 13.8 Å². The lowest BCUT2D eigenvalue weighted by molar-refractivity contribution is 0.0551. The predicted octanol–water partition coefficient (Wildman–Crippen LogP) is 4.95. The van der Waals surface area contributed by atoms with Crippen LogP contribution < -0.4 is 9.47 Å². The van der Waals surface area contributed by atoms with Gasteiger partial charge in [0.25, 0.3) is 0 Å². The van der Waals surface area contributed by atoms with E-state index < -0.39 is 11.3 Å². The summed E-state index contributed by atoms with van der Waals surface area (Å²) in [6.45, 7) is -0.274. The number of alkyl halides is 3. The number of rotatable bonds is 7. The van der Waals surface area contributed by atoms with Crippen molar-refractivity contribution in [1.29, 1.82) is 0 Å². The minimum Gasteiger partial charge on any atom is -0.493 e. The van der Waals surface area contributed by atoms with Gasteiger partial charge in [-0.1, -0.05) is 47.1 Å². The molecule has 0 saturated carbocycles. The molecule has 0 unspecified atom stereocenters. The lowest BCUT2D eigenvalue weighted by Crippen LogP contribution is -2.12. The van der Waals surface area contributed by atoms with E-state index >= 15 is 0 Å². The van der Waals surface area contributed by atoms with E-state index in [2.05, 4.69) is 14.7 Å².